The van der Waals surface area contributed by atoms with Gasteiger partial charge in [-0.1, -0.05) is 90.4 Å². The highest BCUT2D eigenvalue weighted by molar-refractivity contribution is 7.99. The molecule has 0 unspecified atom stereocenters. The topological polar surface area (TPSA) is 87.7 Å². The minimum absolute atomic E-state index is 0.0238. The van der Waals surface area contributed by atoms with Gasteiger partial charge >= 0.3 is 0 Å². The largest absolute Gasteiger partial charge is 0.493 e. The van der Waals surface area contributed by atoms with Crippen molar-refractivity contribution >= 4 is 41.0 Å². The van der Waals surface area contributed by atoms with E-state index in [1.807, 2.05) is 4.90 Å². The quantitative estimate of drug-likeness (QED) is 0.0794. The number of piperazine rings is 1. The number of unbranched alkanes of at least 4 members (excludes halogenated alkanes) is 2. The van der Waals surface area contributed by atoms with Crippen LogP contribution in [-0.4, -0.2) is 71.3 Å². The molecule has 10 heteroatoms. The maximum absolute atomic E-state index is 12.6. The van der Waals surface area contributed by atoms with Gasteiger partial charge in [0.15, 0.2) is 5.16 Å². The molecule has 1 atom stereocenters. The van der Waals surface area contributed by atoms with Gasteiger partial charge in [-0.05, 0) is 61.5 Å². The molecule has 1 aromatic carbocycles. The molecule has 8 nitrogen and oxygen atoms in total. The molecule has 1 aromatic heterocycles. The van der Waals surface area contributed by atoms with E-state index in [1.165, 1.54) is 22.9 Å². The van der Waals surface area contributed by atoms with Crippen molar-refractivity contribution in [2.75, 3.05) is 43.4 Å². The minimum atomic E-state index is -0.0648. The predicted octanol–water partition coefficient (Wildman–Crippen LogP) is 7.80. The van der Waals surface area contributed by atoms with Crippen molar-refractivity contribution in [2.24, 2.45) is 0 Å². The number of nitrogens with one attached hydrogen (secondary N) is 1. The molecule has 0 aliphatic carbocycles. The number of anilines is 1. The SMILES string of the molecule is CCCCC(=O)N1CCN(c2cc(Cl)nc(SCC(=O)NCCCCOc3ccc(C(C)(C)CC)cc3C(C)(C)CC)n2)C[C@@H]1C. The zero-order chi connectivity index (χ0) is 33.9. The number of thioether (sulfide) groups is 1. The number of rotatable bonds is 17. The van der Waals surface area contributed by atoms with Gasteiger partial charge in [0.2, 0.25) is 11.8 Å². The predicted molar refractivity (Wildman–Crippen MR) is 191 cm³/mol. The van der Waals surface area contributed by atoms with Crippen LogP contribution in [0.4, 0.5) is 5.82 Å². The highest BCUT2D eigenvalue weighted by Gasteiger charge is 2.29. The first-order chi connectivity index (χ1) is 21.8. The molecule has 0 radical (unpaired) electrons. The van der Waals surface area contributed by atoms with E-state index in [1.54, 1.807) is 6.07 Å². The third kappa shape index (κ3) is 10.8. The Hall–Kier alpha value is -2.52. The van der Waals surface area contributed by atoms with Gasteiger partial charge < -0.3 is 19.9 Å². The van der Waals surface area contributed by atoms with Crippen LogP contribution in [0.3, 0.4) is 0 Å². The Bertz CT molecular complexity index is 1300. The average molecular weight is 674 g/mol. The number of hydrogen-bond donors (Lipinski definition) is 1. The first-order valence-electron chi connectivity index (χ1n) is 17.1. The van der Waals surface area contributed by atoms with Crippen LogP contribution in [0.25, 0.3) is 0 Å². The van der Waals surface area contributed by atoms with Crippen LogP contribution < -0.4 is 15.0 Å². The third-order valence-electron chi connectivity index (χ3n) is 9.42. The molecule has 1 fully saturated rings. The van der Waals surface area contributed by atoms with Gasteiger partial charge in [-0.15, -0.1) is 0 Å². The Morgan fingerprint density at radius 3 is 2.43 bits per heavy atom. The van der Waals surface area contributed by atoms with Crippen molar-refractivity contribution in [1.82, 2.24) is 20.2 Å². The van der Waals surface area contributed by atoms with Crippen LogP contribution in [0.5, 0.6) is 5.75 Å². The van der Waals surface area contributed by atoms with Crippen molar-refractivity contribution in [3.63, 3.8) is 0 Å². The van der Waals surface area contributed by atoms with E-state index in [2.05, 4.69) is 93.8 Å². The molecule has 3 rings (SSSR count). The number of carbonyl (C=O) groups is 2. The Labute approximate surface area is 286 Å². The molecule has 2 amide bonds. The van der Waals surface area contributed by atoms with E-state index in [4.69, 9.17) is 16.3 Å². The Morgan fingerprint density at radius 2 is 1.76 bits per heavy atom. The highest BCUT2D eigenvalue weighted by atomic mass is 35.5. The summed E-state index contributed by atoms with van der Waals surface area (Å²) >= 11 is 7.62. The van der Waals surface area contributed by atoms with Crippen molar-refractivity contribution in [3.8, 4) is 5.75 Å². The van der Waals surface area contributed by atoms with E-state index >= 15 is 0 Å². The molecule has 1 N–H and O–H groups in total. The molecule has 0 saturated carbocycles. The maximum Gasteiger partial charge on any atom is 0.230 e. The summed E-state index contributed by atoms with van der Waals surface area (Å²) in [6, 6.07) is 8.52. The molecule has 2 heterocycles. The molecule has 0 spiro atoms. The summed E-state index contributed by atoms with van der Waals surface area (Å²) in [5.74, 6) is 2.05. The molecule has 256 valence electrons. The van der Waals surface area contributed by atoms with E-state index in [9.17, 15) is 9.59 Å². The van der Waals surface area contributed by atoms with Gasteiger partial charge in [-0.3, -0.25) is 9.59 Å². The van der Waals surface area contributed by atoms with Crippen molar-refractivity contribution in [1.29, 1.82) is 0 Å². The number of halogens is 1. The van der Waals surface area contributed by atoms with Crippen LogP contribution in [0.15, 0.2) is 29.4 Å². The number of benzene rings is 1. The van der Waals surface area contributed by atoms with Crippen LogP contribution in [0, 0.1) is 0 Å². The van der Waals surface area contributed by atoms with Crippen LogP contribution in [0.1, 0.15) is 111 Å². The van der Waals surface area contributed by atoms with Gasteiger partial charge in [0.1, 0.15) is 16.7 Å². The summed E-state index contributed by atoms with van der Waals surface area (Å²) in [5, 5.41) is 3.82. The summed E-state index contributed by atoms with van der Waals surface area (Å²) in [5.41, 5.74) is 2.76. The minimum Gasteiger partial charge on any atom is -0.493 e. The van der Waals surface area contributed by atoms with Crippen molar-refractivity contribution in [2.45, 2.75) is 122 Å². The van der Waals surface area contributed by atoms with Gasteiger partial charge in [0.05, 0.1) is 12.4 Å². The fourth-order valence-electron chi connectivity index (χ4n) is 5.44. The third-order valence-corrected chi connectivity index (χ3v) is 10.5. The maximum atomic E-state index is 12.6. The monoisotopic (exact) mass is 673 g/mol. The average Bonchev–Trinajstić information content (AvgIpc) is 3.03. The smallest absolute Gasteiger partial charge is 0.230 e. The fourth-order valence-corrected chi connectivity index (χ4v) is 6.35. The Morgan fingerprint density at radius 1 is 1.02 bits per heavy atom. The summed E-state index contributed by atoms with van der Waals surface area (Å²) in [4.78, 5) is 38.3. The molecule has 1 aliphatic heterocycles. The number of ether oxygens (including phenoxy) is 1. The number of nitrogens with zero attached hydrogens (tertiary/aromatic N) is 4. The molecular formula is C36H56ClN5O3S. The van der Waals surface area contributed by atoms with Gasteiger partial charge in [-0.25, -0.2) is 9.97 Å². The van der Waals surface area contributed by atoms with E-state index in [-0.39, 0.29) is 34.4 Å². The summed E-state index contributed by atoms with van der Waals surface area (Å²) in [7, 11) is 0. The molecular weight excluding hydrogens is 618 g/mol. The summed E-state index contributed by atoms with van der Waals surface area (Å²) in [6.45, 7) is 21.0. The zero-order valence-electron chi connectivity index (χ0n) is 29.4. The molecule has 1 saturated heterocycles. The second-order valence-electron chi connectivity index (χ2n) is 13.7. The Kier molecular flexibility index (Phi) is 14.5. The van der Waals surface area contributed by atoms with Crippen molar-refractivity contribution < 1.29 is 14.3 Å². The number of aromatic nitrogens is 2. The van der Waals surface area contributed by atoms with Gasteiger partial charge in [0.25, 0.3) is 0 Å². The lowest BCUT2D eigenvalue weighted by molar-refractivity contribution is -0.133. The van der Waals surface area contributed by atoms with Gasteiger partial charge in [-0.2, -0.15) is 0 Å². The number of carbonyl (C=O) groups excluding carboxylic acids is 2. The normalized spacial score (nSPS) is 15.6. The van der Waals surface area contributed by atoms with E-state index in [0.717, 1.165) is 50.1 Å². The van der Waals surface area contributed by atoms with E-state index in [0.29, 0.717) is 49.5 Å². The standard InChI is InChI=1S/C36H56ClN5O3S/c1-9-12-15-33(44)42-20-19-41(24-26(42)4)31-23-30(37)39-34(40-31)46-25-32(43)38-18-13-14-21-45-29-17-16-27(35(5,6)10-2)22-28(29)36(7,8)11-3/h16-17,22-23,26H,9-15,18-21,24-25H2,1-8H3,(H,38,43)/t26-/m0/s1. The van der Waals surface area contributed by atoms with E-state index < -0.39 is 0 Å². The van der Waals surface area contributed by atoms with Crippen LogP contribution in [-0.2, 0) is 20.4 Å². The number of hydrogen-bond acceptors (Lipinski definition) is 7. The van der Waals surface area contributed by atoms with Crippen LogP contribution in [0.2, 0.25) is 5.15 Å². The molecule has 2 aromatic rings. The van der Waals surface area contributed by atoms with Crippen LogP contribution >= 0.6 is 23.4 Å². The van der Waals surface area contributed by atoms with Gasteiger partial charge in [0, 0.05) is 50.3 Å². The summed E-state index contributed by atoms with van der Waals surface area (Å²) < 4.78 is 6.28. The lowest BCUT2D eigenvalue weighted by Crippen LogP contribution is -2.54. The zero-order valence-corrected chi connectivity index (χ0v) is 31.0. The number of amides is 2. The Balaban J connectivity index is 1.44. The second kappa shape index (κ2) is 17.6. The first kappa shape index (κ1) is 37.9. The lowest BCUT2D eigenvalue weighted by Gasteiger charge is -2.40. The molecule has 1 aliphatic rings. The molecule has 0 bridgehead atoms. The second-order valence-corrected chi connectivity index (χ2v) is 15.0. The van der Waals surface area contributed by atoms with Crippen molar-refractivity contribution in [3.05, 3.63) is 40.5 Å². The summed E-state index contributed by atoms with van der Waals surface area (Å²) in [6.07, 6.45) is 6.31. The highest BCUT2D eigenvalue weighted by Crippen LogP contribution is 2.38. The first-order valence-corrected chi connectivity index (χ1v) is 18.4. The lowest BCUT2D eigenvalue weighted by atomic mass is 9.76. The molecule has 46 heavy (non-hydrogen) atoms. The fraction of sp³-hybridized carbons (Fsp3) is 0.667.